The molecule has 5 nitrogen and oxygen atoms in total. The molecule has 0 aromatic rings. The van der Waals surface area contributed by atoms with Crippen molar-refractivity contribution >= 4 is 12.4 Å². The van der Waals surface area contributed by atoms with Gasteiger partial charge in [0.2, 0.25) is 6.41 Å². The first kappa shape index (κ1) is 12.0. The number of ether oxygens (including phenoxy) is 2. The molecule has 1 amide bonds. The third-order valence-electron chi connectivity index (χ3n) is 2.38. The number of carbonyl (C=O) groups is 2. The Hall–Kier alpha value is -1.10. The molecular formula is C10H17NO4. The molecular weight excluding hydrogens is 198 g/mol. The minimum absolute atomic E-state index is 0.202. The Labute approximate surface area is 89.3 Å². The Kier molecular flexibility index (Phi) is 3.34. The van der Waals surface area contributed by atoms with Crippen LogP contribution in [0.4, 0.5) is 0 Å². The van der Waals surface area contributed by atoms with Gasteiger partial charge in [-0.25, -0.2) is 4.79 Å². The summed E-state index contributed by atoms with van der Waals surface area (Å²) < 4.78 is 10.1. The van der Waals surface area contributed by atoms with Gasteiger partial charge in [-0.3, -0.25) is 4.79 Å². The summed E-state index contributed by atoms with van der Waals surface area (Å²) in [6.45, 7) is 6.06. The highest BCUT2D eigenvalue weighted by Crippen LogP contribution is 2.30. The lowest BCUT2D eigenvalue weighted by Gasteiger charge is -2.32. The lowest BCUT2D eigenvalue weighted by molar-refractivity contribution is -0.150. The Morgan fingerprint density at radius 3 is 2.53 bits per heavy atom. The number of methoxy groups -OCH3 is 1. The van der Waals surface area contributed by atoms with Crippen molar-refractivity contribution in [3.63, 3.8) is 0 Å². The molecule has 1 rings (SSSR count). The maximum absolute atomic E-state index is 11.4. The Morgan fingerprint density at radius 1 is 1.53 bits per heavy atom. The summed E-state index contributed by atoms with van der Waals surface area (Å²) in [6.07, 6.45) is 0.268. The highest BCUT2D eigenvalue weighted by molar-refractivity contribution is 5.78. The largest absolute Gasteiger partial charge is 0.467 e. The number of hydrogen-bond acceptors (Lipinski definition) is 4. The van der Waals surface area contributed by atoms with Crippen molar-refractivity contribution in [2.24, 2.45) is 5.41 Å². The smallest absolute Gasteiger partial charge is 0.331 e. The second-order valence-electron chi connectivity index (χ2n) is 4.64. The number of hydrogen-bond donors (Lipinski definition) is 0. The van der Waals surface area contributed by atoms with Crippen molar-refractivity contribution in [3.05, 3.63) is 0 Å². The quantitative estimate of drug-likeness (QED) is 0.494. The minimum Gasteiger partial charge on any atom is -0.467 e. The minimum atomic E-state index is -0.614. The fraction of sp³-hybridized carbons (Fsp3) is 0.800. The van der Waals surface area contributed by atoms with Gasteiger partial charge in [0.15, 0.2) is 6.04 Å². The summed E-state index contributed by atoms with van der Waals surface area (Å²) in [5.74, 6) is -0.436. The van der Waals surface area contributed by atoms with E-state index in [0.29, 0.717) is 6.41 Å². The first-order chi connectivity index (χ1) is 6.91. The van der Waals surface area contributed by atoms with Crippen LogP contribution >= 0.6 is 0 Å². The molecule has 1 aliphatic heterocycles. The summed E-state index contributed by atoms with van der Waals surface area (Å²) in [6, 6.07) is -0.614. The standard InChI is InChI=1S/C10H17NO4/c1-10(2,3)9-11(6-12)7(5-15-9)8(13)14-4/h6-7,9H,5H2,1-4H3. The Bertz CT molecular complexity index is 259. The molecule has 0 saturated carbocycles. The van der Waals surface area contributed by atoms with Crippen molar-refractivity contribution in [2.45, 2.75) is 33.0 Å². The molecule has 1 saturated heterocycles. The number of nitrogens with zero attached hydrogens (tertiary/aromatic N) is 1. The van der Waals surface area contributed by atoms with E-state index in [4.69, 9.17) is 4.74 Å². The Morgan fingerprint density at radius 2 is 2.13 bits per heavy atom. The van der Waals surface area contributed by atoms with Crippen LogP contribution in [0, 0.1) is 5.41 Å². The number of carbonyl (C=O) groups excluding carboxylic acids is 2. The van der Waals surface area contributed by atoms with Crippen molar-refractivity contribution in [1.29, 1.82) is 0 Å². The molecule has 0 N–H and O–H groups in total. The van der Waals surface area contributed by atoms with E-state index in [0.717, 1.165) is 0 Å². The maximum atomic E-state index is 11.4. The predicted molar refractivity (Wildman–Crippen MR) is 52.9 cm³/mol. The first-order valence-corrected chi connectivity index (χ1v) is 4.84. The lowest BCUT2D eigenvalue weighted by atomic mass is 9.93. The molecule has 0 bridgehead atoms. The third kappa shape index (κ3) is 2.28. The molecule has 86 valence electrons. The SMILES string of the molecule is COC(=O)C1COC(C(C)(C)C)N1C=O. The summed E-state index contributed by atoms with van der Waals surface area (Å²) in [5.41, 5.74) is -0.219. The van der Waals surface area contributed by atoms with E-state index in [2.05, 4.69) is 4.74 Å². The molecule has 0 aromatic heterocycles. The van der Waals surface area contributed by atoms with Crippen molar-refractivity contribution in [1.82, 2.24) is 4.90 Å². The number of rotatable bonds is 2. The van der Waals surface area contributed by atoms with E-state index in [1.807, 2.05) is 20.8 Å². The van der Waals surface area contributed by atoms with Gasteiger partial charge >= 0.3 is 5.97 Å². The average Bonchev–Trinajstić information content (AvgIpc) is 2.59. The predicted octanol–water partition coefficient (Wildman–Crippen LogP) is 0.389. The molecule has 1 aliphatic rings. The van der Waals surface area contributed by atoms with Crippen LogP contribution in [-0.2, 0) is 19.1 Å². The van der Waals surface area contributed by atoms with Crippen LogP contribution in [0.25, 0.3) is 0 Å². The first-order valence-electron chi connectivity index (χ1n) is 4.84. The molecule has 2 atom stereocenters. The van der Waals surface area contributed by atoms with Crippen molar-refractivity contribution in [2.75, 3.05) is 13.7 Å². The average molecular weight is 215 g/mol. The van der Waals surface area contributed by atoms with Crippen LogP contribution in [0.15, 0.2) is 0 Å². The number of amides is 1. The maximum Gasteiger partial charge on any atom is 0.331 e. The van der Waals surface area contributed by atoms with Gasteiger partial charge in [-0.1, -0.05) is 20.8 Å². The molecule has 2 unspecified atom stereocenters. The highest BCUT2D eigenvalue weighted by Gasteiger charge is 2.44. The van der Waals surface area contributed by atoms with Gasteiger partial charge in [0.1, 0.15) is 6.23 Å². The van der Waals surface area contributed by atoms with E-state index in [-0.39, 0.29) is 18.2 Å². The second-order valence-corrected chi connectivity index (χ2v) is 4.64. The van der Waals surface area contributed by atoms with Gasteiger partial charge in [0.25, 0.3) is 0 Å². The topological polar surface area (TPSA) is 55.8 Å². The van der Waals surface area contributed by atoms with Crippen molar-refractivity contribution < 1.29 is 19.1 Å². The monoisotopic (exact) mass is 215 g/mol. The zero-order valence-corrected chi connectivity index (χ0v) is 9.52. The number of esters is 1. The summed E-state index contributed by atoms with van der Waals surface area (Å²) in [4.78, 5) is 23.7. The molecule has 5 heteroatoms. The molecule has 0 radical (unpaired) electrons. The van der Waals surface area contributed by atoms with E-state index in [9.17, 15) is 9.59 Å². The van der Waals surface area contributed by atoms with Gasteiger partial charge < -0.3 is 14.4 Å². The van der Waals surface area contributed by atoms with Gasteiger partial charge in [-0.15, -0.1) is 0 Å². The highest BCUT2D eigenvalue weighted by atomic mass is 16.5. The molecule has 0 spiro atoms. The fourth-order valence-corrected chi connectivity index (χ4v) is 1.67. The fourth-order valence-electron chi connectivity index (χ4n) is 1.67. The van der Waals surface area contributed by atoms with E-state index in [1.54, 1.807) is 0 Å². The van der Waals surface area contributed by atoms with Crippen LogP contribution in [0.5, 0.6) is 0 Å². The second kappa shape index (κ2) is 4.18. The van der Waals surface area contributed by atoms with E-state index in [1.165, 1.54) is 12.0 Å². The van der Waals surface area contributed by atoms with Gasteiger partial charge in [0.05, 0.1) is 13.7 Å². The zero-order chi connectivity index (χ0) is 11.6. The normalized spacial score (nSPS) is 26.5. The third-order valence-corrected chi connectivity index (χ3v) is 2.38. The van der Waals surface area contributed by atoms with Crippen LogP contribution in [0.3, 0.4) is 0 Å². The zero-order valence-electron chi connectivity index (χ0n) is 9.52. The molecule has 1 heterocycles. The van der Waals surface area contributed by atoms with E-state index >= 15 is 0 Å². The van der Waals surface area contributed by atoms with E-state index < -0.39 is 12.0 Å². The van der Waals surface area contributed by atoms with Crippen LogP contribution < -0.4 is 0 Å². The molecule has 15 heavy (non-hydrogen) atoms. The van der Waals surface area contributed by atoms with Crippen LogP contribution in [0.1, 0.15) is 20.8 Å². The van der Waals surface area contributed by atoms with Crippen LogP contribution in [-0.4, -0.2) is 43.3 Å². The van der Waals surface area contributed by atoms with Gasteiger partial charge in [0, 0.05) is 5.41 Å². The summed E-state index contributed by atoms with van der Waals surface area (Å²) in [5, 5.41) is 0. The van der Waals surface area contributed by atoms with Crippen molar-refractivity contribution in [3.8, 4) is 0 Å². The molecule has 1 fully saturated rings. The summed E-state index contributed by atoms with van der Waals surface area (Å²) >= 11 is 0. The lowest BCUT2D eigenvalue weighted by Crippen LogP contribution is -2.46. The Balaban J connectivity index is 2.83. The summed E-state index contributed by atoms with van der Waals surface area (Å²) in [7, 11) is 1.30. The van der Waals surface area contributed by atoms with Crippen LogP contribution in [0.2, 0.25) is 0 Å². The van der Waals surface area contributed by atoms with Gasteiger partial charge in [-0.05, 0) is 0 Å². The molecule has 0 aliphatic carbocycles. The van der Waals surface area contributed by atoms with Gasteiger partial charge in [-0.2, -0.15) is 0 Å². The molecule has 0 aromatic carbocycles.